The Morgan fingerprint density at radius 1 is 1.15 bits per heavy atom. The first-order valence-electron chi connectivity index (χ1n) is 9.54. The molecular weight excluding hydrogens is 328 g/mol. The molecule has 1 aliphatic heterocycles. The van der Waals surface area contributed by atoms with Crippen molar-refractivity contribution in [2.24, 2.45) is 5.92 Å². The zero-order chi connectivity index (χ0) is 17.9. The maximum Gasteiger partial charge on any atom is 0.287 e. The molecule has 1 aromatic carbocycles. The largest absolute Gasteiger partial charge is 0.455 e. The second kappa shape index (κ2) is 7.64. The number of rotatable bonds is 6. The summed E-state index contributed by atoms with van der Waals surface area (Å²) in [5.74, 6) is 1.27. The molecule has 5 nitrogen and oxygen atoms in total. The summed E-state index contributed by atoms with van der Waals surface area (Å²) in [7, 11) is 0. The van der Waals surface area contributed by atoms with Gasteiger partial charge in [0, 0.05) is 0 Å². The summed E-state index contributed by atoms with van der Waals surface area (Å²) < 4.78 is 5.79. The Kier molecular flexibility index (Phi) is 5.09. The van der Waals surface area contributed by atoms with Crippen molar-refractivity contribution in [3.63, 3.8) is 0 Å². The van der Waals surface area contributed by atoms with Crippen molar-refractivity contribution in [2.75, 3.05) is 13.1 Å². The molecule has 26 heavy (non-hydrogen) atoms. The van der Waals surface area contributed by atoms with E-state index >= 15 is 0 Å². The molecule has 2 fully saturated rings. The number of hydrogen-bond donors (Lipinski definition) is 2. The second-order valence-electron chi connectivity index (χ2n) is 7.50. The van der Waals surface area contributed by atoms with E-state index in [2.05, 4.69) is 10.2 Å². The first kappa shape index (κ1) is 17.3. The quantitative estimate of drug-likeness (QED) is 0.836. The van der Waals surface area contributed by atoms with Crippen molar-refractivity contribution < 1.29 is 14.3 Å². The van der Waals surface area contributed by atoms with Crippen LogP contribution in [0, 0.1) is 5.92 Å². The molecule has 0 spiro atoms. The number of nitrogens with zero attached hydrogens (tertiary/aromatic N) is 1. The normalized spacial score (nSPS) is 24.2. The summed E-state index contributed by atoms with van der Waals surface area (Å²) in [6.07, 6.45) is 3.66. The number of nitrogens with one attached hydrogen (secondary N) is 1. The van der Waals surface area contributed by atoms with Crippen molar-refractivity contribution in [1.29, 1.82) is 0 Å². The van der Waals surface area contributed by atoms with Crippen LogP contribution in [-0.4, -0.2) is 35.1 Å². The first-order valence-corrected chi connectivity index (χ1v) is 9.54. The summed E-state index contributed by atoms with van der Waals surface area (Å²) >= 11 is 0. The van der Waals surface area contributed by atoms with Gasteiger partial charge in [0.1, 0.15) is 5.76 Å². The van der Waals surface area contributed by atoms with Crippen LogP contribution in [0.2, 0.25) is 0 Å². The average Bonchev–Trinajstić information content (AvgIpc) is 3.30. The molecule has 2 heterocycles. The lowest BCUT2D eigenvalue weighted by Crippen LogP contribution is -2.41. The van der Waals surface area contributed by atoms with Gasteiger partial charge < -0.3 is 14.8 Å². The number of furan rings is 1. The molecule has 2 aromatic rings. The van der Waals surface area contributed by atoms with Gasteiger partial charge in [-0.15, -0.1) is 0 Å². The predicted octanol–water partition coefficient (Wildman–Crippen LogP) is 3.12. The van der Waals surface area contributed by atoms with E-state index in [4.69, 9.17) is 4.42 Å². The second-order valence-corrected chi connectivity index (χ2v) is 7.50. The van der Waals surface area contributed by atoms with Crippen LogP contribution >= 0.6 is 0 Å². The molecule has 138 valence electrons. The molecule has 2 N–H and O–H groups in total. The molecular formula is C21H26N2O3. The number of carbonyl (C=O) groups excluding carboxylic acids is 1. The van der Waals surface area contributed by atoms with E-state index in [-0.39, 0.29) is 24.0 Å². The number of aliphatic hydroxyl groups excluding tert-OH is 1. The maximum absolute atomic E-state index is 12.7. The van der Waals surface area contributed by atoms with Crippen LogP contribution in [0.25, 0.3) is 0 Å². The van der Waals surface area contributed by atoms with Crippen LogP contribution in [0.3, 0.4) is 0 Å². The van der Waals surface area contributed by atoms with Crippen molar-refractivity contribution >= 4 is 5.91 Å². The van der Waals surface area contributed by atoms with Gasteiger partial charge in [-0.1, -0.05) is 30.3 Å². The lowest BCUT2D eigenvalue weighted by atomic mass is 9.75. The molecule has 0 bridgehead atoms. The fourth-order valence-electron chi connectivity index (χ4n) is 3.99. The summed E-state index contributed by atoms with van der Waals surface area (Å²) in [6.45, 7) is 2.97. The number of benzene rings is 1. The molecule has 0 unspecified atom stereocenters. The standard InChI is InChI=1S/C21H26N2O3/c24-17-12-16(13-17)20(15-6-2-1-3-7-15)22-21(25)19-9-8-18(26-19)14-23-10-4-5-11-23/h1-3,6-9,16-17,20,24H,4-5,10-14H2,(H,22,25)/t16?,17?,20-/m0/s1. The average molecular weight is 354 g/mol. The van der Waals surface area contributed by atoms with E-state index in [1.807, 2.05) is 36.4 Å². The first-order chi connectivity index (χ1) is 12.7. The van der Waals surface area contributed by atoms with Crippen molar-refractivity contribution in [3.8, 4) is 0 Å². The third-order valence-corrected chi connectivity index (χ3v) is 5.53. The van der Waals surface area contributed by atoms with Gasteiger partial charge in [-0.2, -0.15) is 0 Å². The van der Waals surface area contributed by atoms with Crippen LogP contribution < -0.4 is 5.32 Å². The van der Waals surface area contributed by atoms with Gasteiger partial charge in [-0.25, -0.2) is 0 Å². The zero-order valence-electron chi connectivity index (χ0n) is 14.9. The van der Waals surface area contributed by atoms with Crippen LogP contribution in [-0.2, 0) is 6.54 Å². The highest BCUT2D eigenvalue weighted by molar-refractivity contribution is 5.91. The fraction of sp³-hybridized carbons (Fsp3) is 0.476. The van der Waals surface area contributed by atoms with E-state index in [0.717, 1.165) is 43.8 Å². The van der Waals surface area contributed by atoms with Crippen LogP contribution in [0.4, 0.5) is 0 Å². The Morgan fingerprint density at radius 2 is 1.88 bits per heavy atom. The molecule has 1 amide bonds. The van der Waals surface area contributed by atoms with E-state index in [1.54, 1.807) is 6.07 Å². The Labute approximate surface area is 154 Å². The van der Waals surface area contributed by atoms with Crippen LogP contribution in [0.1, 0.15) is 53.6 Å². The van der Waals surface area contributed by atoms with E-state index in [1.165, 1.54) is 12.8 Å². The van der Waals surface area contributed by atoms with Gasteiger partial charge in [0.25, 0.3) is 5.91 Å². The molecule has 1 atom stereocenters. The molecule has 1 aromatic heterocycles. The number of likely N-dealkylation sites (tertiary alicyclic amines) is 1. The molecule has 0 radical (unpaired) electrons. The summed E-state index contributed by atoms with van der Waals surface area (Å²) in [5.41, 5.74) is 1.07. The molecule has 1 aliphatic carbocycles. The lowest BCUT2D eigenvalue weighted by molar-refractivity contribution is 0.0232. The molecule has 5 heteroatoms. The minimum Gasteiger partial charge on any atom is -0.455 e. The molecule has 1 saturated carbocycles. The summed E-state index contributed by atoms with van der Waals surface area (Å²) in [6, 6.07) is 13.5. The molecule has 2 aliphatic rings. The summed E-state index contributed by atoms with van der Waals surface area (Å²) in [4.78, 5) is 15.1. The minimum absolute atomic E-state index is 0.0979. The van der Waals surface area contributed by atoms with E-state index in [0.29, 0.717) is 5.76 Å². The zero-order valence-corrected chi connectivity index (χ0v) is 14.9. The predicted molar refractivity (Wildman–Crippen MR) is 98.6 cm³/mol. The Hall–Kier alpha value is -2.11. The number of aliphatic hydroxyl groups is 1. The van der Waals surface area contributed by atoms with Crippen molar-refractivity contribution in [2.45, 2.75) is 44.4 Å². The minimum atomic E-state index is -0.251. The van der Waals surface area contributed by atoms with E-state index < -0.39 is 0 Å². The third-order valence-electron chi connectivity index (χ3n) is 5.53. The van der Waals surface area contributed by atoms with E-state index in [9.17, 15) is 9.90 Å². The Balaban J connectivity index is 1.43. The Morgan fingerprint density at radius 3 is 2.58 bits per heavy atom. The SMILES string of the molecule is O=C(N[C@@H](c1ccccc1)C1CC(O)C1)c1ccc(CN2CCCC2)o1. The smallest absolute Gasteiger partial charge is 0.287 e. The van der Waals surface area contributed by atoms with Gasteiger partial charge in [-0.3, -0.25) is 9.69 Å². The van der Waals surface area contributed by atoms with Crippen LogP contribution in [0.5, 0.6) is 0 Å². The highest BCUT2D eigenvalue weighted by atomic mass is 16.4. The van der Waals surface area contributed by atoms with Crippen molar-refractivity contribution in [3.05, 3.63) is 59.5 Å². The maximum atomic E-state index is 12.7. The van der Waals surface area contributed by atoms with Gasteiger partial charge in [0.2, 0.25) is 0 Å². The number of amides is 1. The highest BCUT2D eigenvalue weighted by Crippen LogP contribution is 2.38. The molecule has 1 saturated heterocycles. The van der Waals surface area contributed by atoms with Gasteiger partial charge in [0.15, 0.2) is 5.76 Å². The molecule has 4 rings (SSSR count). The fourth-order valence-corrected chi connectivity index (χ4v) is 3.99. The lowest BCUT2D eigenvalue weighted by Gasteiger charge is -2.38. The van der Waals surface area contributed by atoms with Gasteiger partial charge >= 0.3 is 0 Å². The summed E-state index contributed by atoms with van der Waals surface area (Å²) in [5, 5.41) is 12.8. The highest BCUT2D eigenvalue weighted by Gasteiger charge is 2.36. The third kappa shape index (κ3) is 3.84. The van der Waals surface area contributed by atoms with Gasteiger partial charge in [-0.05, 0) is 62.4 Å². The van der Waals surface area contributed by atoms with Crippen LogP contribution in [0.15, 0.2) is 46.9 Å². The topological polar surface area (TPSA) is 65.7 Å². The Bertz CT molecular complexity index is 731. The van der Waals surface area contributed by atoms with Crippen molar-refractivity contribution in [1.82, 2.24) is 10.2 Å². The monoisotopic (exact) mass is 354 g/mol. The van der Waals surface area contributed by atoms with Gasteiger partial charge in [0.05, 0.1) is 18.7 Å². The number of carbonyl (C=O) groups is 1. The number of hydrogen-bond acceptors (Lipinski definition) is 4.